The van der Waals surface area contributed by atoms with Gasteiger partial charge in [0.2, 0.25) is 0 Å². The van der Waals surface area contributed by atoms with Crippen molar-refractivity contribution in [3.05, 3.63) is 53.1 Å². The predicted octanol–water partition coefficient (Wildman–Crippen LogP) is 2.68. The number of nitrogen functional groups attached to an aromatic ring is 1. The average molecular weight is 381 g/mol. The van der Waals surface area contributed by atoms with Crippen LogP contribution in [0.4, 0.5) is 5.69 Å². The fraction of sp³-hybridized carbons (Fsp3) is 0.333. The highest BCUT2D eigenvalue weighted by Crippen LogP contribution is 2.39. The van der Waals surface area contributed by atoms with E-state index in [0.29, 0.717) is 16.8 Å². The first-order chi connectivity index (χ1) is 13.5. The van der Waals surface area contributed by atoms with Crippen LogP contribution in [0.1, 0.15) is 45.2 Å². The minimum Gasteiger partial charge on any atom is -0.497 e. The van der Waals surface area contributed by atoms with E-state index in [2.05, 4.69) is 4.90 Å². The van der Waals surface area contributed by atoms with Crippen molar-refractivity contribution in [1.82, 2.24) is 9.80 Å². The number of hydrogen-bond acceptors (Lipinski definition) is 6. The summed E-state index contributed by atoms with van der Waals surface area (Å²) in [5.74, 6) is 0.886. The van der Waals surface area contributed by atoms with Gasteiger partial charge in [-0.25, -0.2) is 0 Å². The highest BCUT2D eigenvalue weighted by atomic mass is 16.5. The number of carbonyl (C=O) groups excluding carboxylic acids is 2. The molecule has 2 aliphatic rings. The summed E-state index contributed by atoms with van der Waals surface area (Å²) in [6.45, 7) is 1.00. The molecule has 28 heavy (non-hydrogen) atoms. The van der Waals surface area contributed by atoms with E-state index in [0.717, 1.165) is 36.4 Å². The first-order valence-electron chi connectivity index (χ1n) is 9.25. The van der Waals surface area contributed by atoms with Gasteiger partial charge in [-0.2, -0.15) is 0 Å². The second-order valence-electron chi connectivity index (χ2n) is 7.03. The van der Waals surface area contributed by atoms with Crippen molar-refractivity contribution in [2.24, 2.45) is 0 Å². The number of hydrogen-bond donors (Lipinski definition) is 1. The molecule has 0 spiro atoms. The number of amides is 2. The van der Waals surface area contributed by atoms with E-state index < -0.39 is 0 Å². The number of anilines is 1. The van der Waals surface area contributed by atoms with Crippen LogP contribution < -0.4 is 15.2 Å². The van der Waals surface area contributed by atoms with Gasteiger partial charge in [-0.3, -0.25) is 19.4 Å². The molecule has 1 atom stereocenters. The minimum atomic E-state index is -0.332. The third kappa shape index (κ3) is 2.88. The van der Waals surface area contributed by atoms with Gasteiger partial charge in [-0.05, 0) is 43.2 Å². The summed E-state index contributed by atoms with van der Waals surface area (Å²) in [5.41, 5.74) is 7.96. The van der Waals surface area contributed by atoms with Crippen LogP contribution in [0.3, 0.4) is 0 Å². The van der Waals surface area contributed by atoms with E-state index in [1.165, 1.54) is 4.90 Å². The van der Waals surface area contributed by atoms with E-state index in [-0.39, 0.29) is 24.5 Å². The summed E-state index contributed by atoms with van der Waals surface area (Å²) in [6, 6.07) is 10.7. The summed E-state index contributed by atoms with van der Waals surface area (Å²) in [5, 5.41) is 0. The van der Waals surface area contributed by atoms with Crippen molar-refractivity contribution in [3.63, 3.8) is 0 Å². The summed E-state index contributed by atoms with van der Waals surface area (Å²) < 4.78 is 10.9. The van der Waals surface area contributed by atoms with Gasteiger partial charge in [0.25, 0.3) is 11.8 Å². The van der Waals surface area contributed by atoms with Crippen LogP contribution in [-0.2, 0) is 0 Å². The Morgan fingerprint density at radius 1 is 1.11 bits per heavy atom. The van der Waals surface area contributed by atoms with Crippen molar-refractivity contribution in [2.75, 3.05) is 33.2 Å². The standard InChI is InChI=1S/C21H23N3O4/c1-27-13-8-9-18(28-2)15(11-13)17-7-4-10-23(17)12-24-20(25)14-5-3-6-16(22)19(14)21(24)26/h3,5-6,8-9,11,17H,4,7,10,12,22H2,1-2H3. The minimum absolute atomic E-state index is 0.0340. The largest absolute Gasteiger partial charge is 0.497 e. The molecule has 2 N–H and O–H groups in total. The Morgan fingerprint density at radius 2 is 1.93 bits per heavy atom. The van der Waals surface area contributed by atoms with Gasteiger partial charge in [-0.1, -0.05) is 6.07 Å². The second-order valence-corrected chi connectivity index (χ2v) is 7.03. The van der Waals surface area contributed by atoms with Crippen LogP contribution in [-0.4, -0.2) is 49.0 Å². The van der Waals surface area contributed by atoms with Crippen molar-refractivity contribution in [2.45, 2.75) is 18.9 Å². The molecule has 0 aliphatic carbocycles. The Balaban J connectivity index is 1.62. The summed E-state index contributed by atoms with van der Waals surface area (Å²) in [6.07, 6.45) is 1.88. The lowest BCUT2D eigenvalue weighted by atomic mass is 10.0. The maximum atomic E-state index is 12.8. The number of carbonyl (C=O) groups is 2. The lowest BCUT2D eigenvalue weighted by molar-refractivity contribution is 0.0526. The third-order valence-corrected chi connectivity index (χ3v) is 5.51. The summed E-state index contributed by atoms with van der Waals surface area (Å²) >= 11 is 0. The van der Waals surface area contributed by atoms with Gasteiger partial charge in [-0.15, -0.1) is 0 Å². The SMILES string of the molecule is COc1ccc(OC)c(C2CCCN2CN2C(=O)c3cccc(N)c3C2=O)c1. The van der Waals surface area contributed by atoms with Gasteiger partial charge in [0.15, 0.2) is 0 Å². The van der Waals surface area contributed by atoms with Crippen molar-refractivity contribution < 1.29 is 19.1 Å². The Labute approximate surface area is 163 Å². The molecule has 2 amide bonds. The predicted molar refractivity (Wildman–Crippen MR) is 104 cm³/mol. The summed E-state index contributed by atoms with van der Waals surface area (Å²) in [4.78, 5) is 29.0. The van der Waals surface area contributed by atoms with Crippen LogP contribution in [0, 0.1) is 0 Å². The normalized spacial score (nSPS) is 19.2. The quantitative estimate of drug-likeness (QED) is 0.633. The highest BCUT2D eigenvalue weighted by Gasteiger charge is 2.40. The number of methoxy groups -OCH3 is 2. The molecule has 0 bridgehead atoms. The molecule has 4 rings (SSSR count). The highest BCUT2D eigenvalue weighted by molar-refractivity contribution is 6.23. The van der Waals surface area contributed by atoms with Crippen LogP contribution in [0.15, 0.2) is 36.4 Å². The van der Waals surface area contributed by atoms with Gasteiger partial charge in [0.05, 0.1) is 32.0 Å². The molecule has 1 fully saturated rings. The molecule has 7 nitrogen and oxygen atoms in total. The molecule has 7 heteroatoms. The third-order valence-electron chi connectivity index (χ3n) is 5.51. The van der Waals surface area contributed by atoms with E-state index in [9.17, 15) is 9.59 Å². The number of nitrogens with two attached hydrogens (primary N) is 1. The number of rotatable bonds is 5. The van der Waals surface area contributed by atoms with E-state index in [1.54, 1.807) is 32.4 Å². The topological polar surface area (TPSA) is 85.1 Å². The number of nitrogens with zero attached hydrogens (tertiary/aromatic N) is 2. The molecule has 0 saturated carbocycles. The number of imide groups is 1. The molecule has 0 radical (unpaired) electrons. The molecule has 1 saturated heterocycles. The molecule has 1 unspecified atom stereocenters. The fourth-order valence-electron chi connectivity index (χ4n) is 4.12. The number of likely N-dealkylation sites (tertiary alicyclic amines) is 1. The van der Waals surface area contributed by atoms with Crippen LogP contribution in [0.2, 0.25) is 0 Å². The van der Waals surface area contributed by atoms with Gasteiger partial charge in [0, 0.05) is 23.8 Å². The van der Waals surface area contributed by atoms with Crippen LogP contribution in [0.25, 0.3) is 0 Å². The lowest BCUT2D eigenvalue weighted by Gasteiger charge is -2.29. The maximum Gasteiger partial charge on any atom is 0.264 e. The molecular weight excluding hydrogens is 358 g/mol. The maximum absolute atomic E-state index is 12.8. The molecule has 0 aromatic heterocycles. The van der Waals surface area contributed by atoms with Gasteiger partial charge < -0.3 is 15.2 Å². The number of ether oxygens (including phenoxy) is 2. The Bertz CT molecular complexity index is 943. The Kier molecular flexibility index (Phi) is 4.68. The summed E-state index contributed by atoms with van der Waals surface area (Å²) in [7, 11) is 3.26. The average Bonchev–Trinajstić information content (AvgIpc) is 3.27. The number of fused-ring (bicyclic) bond motifs is 1. The van der Waals surface area contributed by atoms with E-state index in [1.807, 2.05) is 18.2 Å². The van der Waals surface area contributed by atoms with Gasteiger partial charge >= 0.3 is 0 Å². The number of benzene rings is 2. The van der Waals surface area contributed by atoms with Gasteiger partial charge in [0.1, 0.15) is 11.5 Å². The first-order valence-corrected chi connectivity index (χ1v) is 9.25. The first kappa shape index (κ1) is 18.3. The van der Waals surface area contributed by atoms with Crippen molar-refractivity contribution >= 4 is 17.5 Å². The Hall–Kier alpha value is -3.06. The molecular formula is C21H23N3O4. The van der Waals surface area contributed by atoms with Crippen molar-refractivity contribution in [1.29, 1.82) is 0 Å². The van der Waals surface area contributed by atoms with Crippen molar-refractivity contribution in [3.8, 4) is 11.5 Å². The zero-order valence-corrected chi connectivity index (χ0v) is 16.0. The zero-order valence-electron chi connectivity index (χ0n) is 16.0. The smallest absolute Gasteiger partial charge is 0.264 e. The molecule has 2 aromatic carbocycles. The molecule has 146 valence electrons. The van der Waals surface area contributed by atoms with E-state index >= 15 is 0 Å². The second kappa shape index (κ2) is 7.16. The fourth-order valence-corrected chi connectivity index (χ4v) is 4.12. The lowest BCUT2D eigenvalue weighted by Crippen LogP contribution is -2.41. The molecule has 2 aliphatic heterocycles. The van der Waals surface area contributed by atoms with Crippen LogP contribution in [0.5, 0.6) is 11.5 Å². The van der Waals surface area contributed by atoms with Crippen LogP contribution >= 0.6 is 0 Å². The van der Waals surface area contributed by atoms with E-state index in [4.69, 9.17) is 15.2 Å². The zero-order chi connectivity index (χ0) is 19.8. The monoisotopic (exact) mass is 381 g/mol. The molecule has 2 aromatic rings. The molecule has 2 heterocycles. The Morgan fingerprint density at radius 3 is 2.64 bits per heavy atom.